The van der Waals surface area contributed by atoms with Crippen LogP contribution in [-0.2, 0) is 11.0 Å². The lowest BCUT2D eigenvalue weighted by Crippen LogP contribution is -2.38. The SMILES string of the molecule is CN(CC(O)COc1ccc(C(F)(F)F)cc1)C(=O)CC(N)c1ccccc1.Cl. The summed E-state index contributed by atoms with van der Waals surface area (Å²) in [6, 6.07) is 12.9. The van der Waals surface area contributed by atoms with Gasteiger partial charge in [0.25, 0.3) is 0 Å². The molecule has 0 radical (unpaired) electrons. The van der Waals surface area contributed by atoms with Gasteiger partial charge in [-0.25, -0.2) is 0 Å². The second-order valence-electron chi connectivity index (χ2n) is 6.48. The van der Waals surface area contributed by atoms with E-state index in [1.54, 1.807) is 7.05 Å². The number of halogens is 4. The molecule has 5 nitrogen and oxygen atoms in total. The first-order valence-corrected chi connectivity index (χ1v) is 8.69. The van der Waals surface area contributed by atoms with Gasteiger partial charge in [-0.2, -0.15) is 13.2 Å². The summed E-state index contributed by atoms with van der Waals surface area (Å²) in [5, 5.41) is 10.0. The Kier molecular flexibility index (Phi) is 9.42. The van der Waals surface area contributed by atoms with Crippen LogP contribution in [0, 0.1) is 0 Å². The highest BCUT2D eigenvalue weighted by Crippen LogP contribution is 2.30. The molecule has 29 heavy (non-hydrogen) atoms. The average molecular weight is 433 g/mol. The molecule has 0 spiro atoms. The standard InChI is InChI=1S/C20H23F3N2O3.ClH/c1-25(19(27)11-18(24)14-5-3-2-4-6-14)12-16(26)13-28-17-9-7-15(8-10-17)20(21,22)23;/h2-10,16,18,26H,11-13,24H2,1H3;1H. The molecule has 9 heteroatoms. The molecule has 2 rings (SSSR count). The summed E-state index contributed by atoms with van der Waals surface area (Å²) in [5.41, 5.74) is 6.09. The van der Waals surface area contributed by atoms with Gasteiger partial charge in [0.05, 0.1) is 5.56 Å². The van der Waals surface area contributed by atoms with Gasteiger partial charge in [-0.1, -0.05) is 30.3 Å². The van der Waals surface area contributed by atoms with Crippen LogP contribution in [0.15, 0.2) is 54.6 Å². The van der Waals surface area contributed by atoms with Crippen LogP contribution in [-0.4, -0.2) is 42.2 Å². The van der Waals surface area contributed by atoms with Gasteiger partial charge in [-0.3, -0.25) is 4.79 Å². The van der Waals surface area contributed by atoms with Crippen LogP contribution in [0.25, 0.3) is 0 Å². The first-order chi connectivity index (χ1) is 13.2. The minimum atomic E-state index is -4.41. The van der Waals surface area contributed by atoms with Crippen molar-refractivity contribution in [2.24, 2.45) is 5.73 Å². The van der Waals surface area contributed by atoms with E-state index in [-0.39, 0.29) is 43.6 Å². The van der Waals surface area contributed by atoms with Crippen LogP contribution in [0.3, 0.4) is 0 Å². The van der Waals surface area contributed by atoms with Crippen LogP contribution in [0.2, 0.25) is 0 Å². The van der Waals surface area contributed by atoms with E-state index in [1.807, 2.05) is 30.3 Å². The first kappa shape index (κ1) is 24.7. The van der Waals surface area contributed by atoms with Crippen LogP contribution in [0.5, 0.6) is 5.75 Å². The highest BCUT2D eigenvalue weighted by atomic mass is 35.5. The number of alkyl halides is 3. The monoisotopic (exact) mass is 432 g/mol. The number of hydrogen-bond donors (Lipinski definition) is 2. The summed E-state index contributed by atoms with van der Waals surface area (Å²) in [5.74, 6) is -0.0305. The summed E-state index contributed by atoms with van der Waals surface area (Å²) >= 11 is 0. The Morgan fingerprint density at radius 1 is 1.14 bits per heavy atom. The van der Waals surface area contributed by atoms with Crippen molar-refractivity contribution in [1.82, 2.24) is 4.90 Å². The highest BCUT2D eigenvalue weighted by Gasteiger charge is 2.30. The number of nitrogens with two attached hydrogens (primary N) is 1. The second-order valence-corrected chi connectivity index (χ2v) is 6.48. The molecule has 0 fully saturated rings. The van der Waals surface area contributed by atoms with Crippen molar-refractivity contribution < 1.29 is 27.8 Å². The zero-order valence-corrected chi connectivity index (χ0v) is 16.6. The van der Waals surface area contributed by atoms with E-state index in [2.05, 4.69) is 0 Å². The molecule has 0 aliphatic carbocycles. The smallest absolute Gasteiger partial charge is 0.416 e. The largest absolute Gasteiger partial charge is 0.491 e. The number of ether oxygens (including phenoxy) is 1. The molecule has 0 saturated carbocycles. The van der Waals surface area contributed by atoms with Gasteiger partial charge in [0.15, 0.2) is 0 Å². The zero-order valence-electron chi connectivity index (χ0n) is 15.8. The summed E-state index contributed by atoms with van der Waals surface area (Å²) in [6.45, 7) is -0.144. The number of benzene rings is 2. The van der Waals surface area contributed by atoms with Gasteiger partial charge in [-0.15, -0.1) is 12.4 Å². The van der Waals surface area contributed by atoms with Crippen molar-refractivity contribution in [3.8, 4) is 5.75 Å². The van der Waals surface area contributed by atoms with E-state index in [0.29, 0.717) is 0 Å². The van der Waals surface area contributed by atoms with Crippen LogP contribution in [0.1, 0.15) is 23.6 Å². The quantitative estimate of drug-likeness (QED) is 0.670. The molecule has 2 unspecified atom stereocenters. The molecular formula is C20H24ClF3N2O3. The lowest BCUT2D eigenvalue weighted by Gasteiger charge is -2.23. The van der Waals surface area contributed by atoms with E-state index in [0.717, 1.165) is 17.7 Å². The highest BCUT2D eigenvalue weighted by molar-refractivity contribution is 5.85. The van der Waals surface area contributed by atoms with Crippen molar-refractivity contribution in [1.29, 1.82) is 0 Å². The Balaban J connectivity index is 0.00000420. The van der Waals surface area contributed by atoms with Gasteiger partial charge in [0.1, 0.15) is 18.5 Å². The fourth-order valence-corrected chi connectivity index (χ4v) is 2.57. The van der Waals surface area contributed by atoms with Crippen molar-refractivity contribution in [3.05, 3.63) is 65.7 Å². The molecule has 0 aromatic heterocycles. The molecule has 0 aliphatic rings. The van der Waals surface area contributed by atoms with E-state index >= 15 is 0 Å². The second kappa shape index (κ2) is 11.0. The van der Waals surface area contributed by atoms with E-state index < -0.39 is 23.9 Å². The van der Waals surface area contributed by atoms with E-state index in [1.165, 1.54) is 17.0 Å². The van der Waals surface area contributed by atoms with Gasteiger partial charge < -0.3 is 20.5 Å². The Labute approximate surface area is 173 Å². The maximum atomic E-state index is 12.5. The third-order valence-electron chi connectivity index (χ3n) is 4.16. The van der Waals surface area contributed by atoms with Crippen LogP contribution in [0.4, 0.5) is 13.2 Å². The third-order valence-corrected chi connectivity index (χ3v) is 4.16. The summed E-state index contributed by atoms with van der Waals surface area (Å²) in [4.78, 5) is 13.6. The number of amides is 1. The number of nitrogens with zero attached hydrogens (tertiary/aromatic N) is 1. The van der Waals surface area contributed by atoms with Gasteiger partial charge in [-0.05, 0) is 29.8 Å². The summed E-state index contributed by atoms with van der Waals surface area (Å²) < 4.78 is 42.9. The van der Waals surface area contributed by atoms with Gasteiger partial charge >= 0.3 is 6.18 Å². The molecule has 160 valence electrons. The van der Waals surface area contributed by atoms with Crippen LogP contribution >= 0.6 is 12.4 Å². The van der Waals surface area contributed by atoms with Crippen molar-refractivity contribution in [2.45, 2.75) is 24.7 Å². The van der Waals surface area contributed by atoms with E-state index in [4.69, 9.17) is 10.5 Å². The van der Waals surface area contributed by atoms with Crippen molar-refractivity contribution in [3.63, 3.8) is 0 Å². The minimum absolute atomic E-state index is 0. The molecule has 1 amide bonds. The van der Waals surface area contributed by atoms with Crippen molar-refractivity contribution in [2.75, 3.05) is 20.2 Å². The predicted octanol–water partition coefficient (Wildman–Crippen LogP) is 3.42. The van der Waals surface area contributed by atoms with Gasteiger partial charge in [0.2, 0.25) is 5.91 Å². The summed E-state index contributed by atoms with van der Waals surface area (Å²) in [7, 11) is 1.54. The number of likely N-dealkylation sites (N-methyl/N-ethyl adjacent to an activating group) is 1. The average Bonchev–Trinajstić information content (AvgIpc) is 2.66. The molecule has 3 N–H and O–H groups in total. The Hall–Kier alpha value is -2.29. The molecule has 0 aliphatic heterocycles. The number of carbonyl (C=O) groups excluding carboxylic acids is 1. The number of hydrogen-bond acceptors (Lipinski definition) is 4. The number of aliphatic hydroxyl groups is 1. The normalized spacial score (nSPS) is 13.2. The Morgan fingerprint density at radius 2 is 1.72 bits per heavy atom. The zero-order chi connectivity index (χ0) is 20.7. The topological polar surface area (TPSA) is 75.8 Å². The maximum Gasteiger partial charge on any atom is 0.416 e. The summed E-state index contributed by atoms with van der Waals surface area (Å²) in [6.07, 6.45) is -5.32. The fraction of sp³-hybridized carbons (Fsp3) is 0.350. The molecule has 0 saturated heterocycles. The minimum Gasteiger partial charge on any atom is -0.491 e. The number of aliphatic hydroxyl groups excluding tert-OH is 1. The van der Waals surface area contributed by atoms with Crippen molar-refractivity contribution >= 4 is 18.3 Å². The third kappa shape index (κ3) is 7.92. The molecule has 2 aromatic carbocycles. The maximum absolute atomic E-state index is 12.5. The lowest BCUT2D eigenvalue weighted by atomic mass is 10.0. The van der Waals surface area contributed by atoms with Gasteiger partial charge in [0, 0.05) is 26.1 Å². The predicted molar refractivity (Wildman–Crippen MR) is 106 cm³/mol. The number of rotatable bonds is 8. The molecule has 2 aromatic rings. The molecular weight excluding hydrogens is 409 g/mol. The Bertz CT molecular complexity index is 758. The van der Waals surface area contributed by atoms with E-state index in [9.17, 15) is 23.1 Å². The van der Waals surface area contributed by atoms with Crippen LogP contribution < -0.4 is 10.5 Å². The molecule has 0 heterocycles. The fourth-order valence-electron chi connectivity index (χ4n) is 2.57. The Morgan fingerprint density at radius 3 is 2.28 bits per heavy atom. The molecule has 2 atom stereocenters. The first-order valence-electron chi connectivity index (χ1n) is 8.69. The molecule has 0 bridgehead atoms. The lowest BCUT2D eigenvalue weighted by molar-refractivity contribution is -0.137. The number of carbonyl (C=O) groups is 1.